The van der Waals surface area contributed by atoms with Crippen molar-refractivity contribution < 1.29 is 101 Å². The first-order valence-corrected chi connectivity index (χ1v) is 10.2. The minimum atomic E-state index is -9.05. The predicted octanol–water partition coefficient (Wildman–Crippen LogP) is 6.57. The van der Waals surface area contributed by atoms with E-state index in [9.17, 15) is 91.8 Å². The molecule has 1 aromatic rings. The molecule has 0 aromatic heterocycles. The van der Waals surface area contributed by atoms with Gasteiger partial charge in [0.15, 0.2) is 0 Å². The predicted molar refractivity (Wildman–Crippen MR) is 93.5 cm³/mol. The van der Waals surface area contributed by atoms with Crippen LogP contribution in [0.3, 0.4) is 0 Å². The third-order valence-electron chi connectivity index (χ3n) is 4.48. The molecule has 0 heterocycles. The van der Waals surface area contributed by atoms with Gasteiger partial charge in [-0.15, -0.1) is 0 Å². The van der Waals surface area contributed by atoms with Crippen molar-refractivity contribution in [3.05, 3.63) is 36.1 Å². The summed E-state index contributed by atoms with van der Waals surface area (Å²) in [7, 11) is -5.97. The molecule has 0 bridgehead atoms. The SMILES string of the molecule is O=S(=O)(OC(F)=C(F)C(F)(F)C(F)(F)C(F)(F)C(F)(F)C(F)(F)C(F)(F)C(F)(F)C(F)(F)F)c1ccc(O)cc1.[NaH]. The van der Waals surface area contributed by atoms with E-state index in [0.717, 1.165) is 0 Å². The maximum atomic E-state index is 13.7. The third kappa shape index (κ3) is 5.88. The Kier molecular flexibility index (Phi) is 10.5. The standard InChI is InChI=1S/C16H5F19O4S.Na.H/c17-7(8(18)39-40(37,38)6-3-1-5(36)2-4-6)9(19,20)10(21,22)11(23,24)12(25,26)13(27,28)14(29,30)15(31,32)16(33,34)35;;/h1-4,36H;;. The molecule has 0 spiro atoms. The normalized spacial score (nSPS) is 15.7. The zero-order valence-corrected chi connectivity index (χ0v) is 18.4. The number of hydrogen-bond acceptors (Lipinski definition) is 4. The number of benzene rings is 1. The Balaban J connectivity index is 0.0000160. The van der Waals surface area contributed by atoms with Gasteiger partial charge in [-0.2, -0.15) is 91.8 Å². The second kappa shape index (κ2) is 11.0. The van der Waals surface area contributed by atoms with Gasteiger partial charge in [-0.3, -0.25) is 0 Å². The van der Waals surface area contributed by atoms with Crippen LogP contribution >= 0.6 is 0 Å². The maximum absolute atomic E-state index is 13.7. The quantitative estimate of drug-likeness (QED) is 0.132. The molecule has 1 N–H and O–H groups in total. The number of rotatable bonds is 10. The van der Waals surface area contributed by atoms with Crippen LogP contribution in [0.2, 0.25) is 0 Å². The van der Waals surface area contributed by atoms with E-state index in [1.807, 2.05) is 0 Å². The topological polar surface area (TPSA) is 63.6 Å². The molecule has 0 atom stereocenters. The van der Waals surface area contributed by atoms with Crippen molar-refractivity contribution in [1.29, 1.82) is 0 Å². The zero-order valence-electron chi connectivity index (χ0n) is 17.6. The van der Waals surface area contributed by atoms with Gasteiger partial charge >= 0.3 is 93.3 Å². The summed E-state index contributed by atoms with van der Waals surface area (Å²) >= 11 is 0. The number of halogens is 19. The van der Waals surface area contributed by atoms with Gasteiger partial charge < -0.3 is 9.29 Å². The van der Waals surface area contributed by atoms with Gasteiger partial charge in [0.1, 0.15) is 10.6 Å². The van der Waals surface area contributed by atoms with E-state index in [-0.39, 0.29) is 41.7 Å². The molecule has 0 amide bonds. The molecule has 0 unspecified atom stereocenters. The fourth-order valence-corrected chi connectivity index (χ4v) is 3.05. The Hall–Kier alpha value is -1.82. The Morgan fingerprint density at radius 2 is 0.902 bits per heavy atom. The van der Waals surface area contributed by atoms with Gasteiger partial charge in [-0.25, -0.2) is 0 Å². The van der Waals surface area contributed by atoms with Crippen molar-refractivity contribution in [2.24, 2.45) is 0 Å². The van der Waals surface area contributed by atoms with Gasteiger partial charge in [-0.1, -0.05) is 0 Å². The van der Waals surface area contributed by atoms with E-state index in [4.69, 9.17) is 5.11 Å². The van der Waals surface area contributed by atoms with Crippen molar-refractivity contribution in [1.82, 2.24) is 0 Å². The molecule has 4 nitrogen and oxygen atoms in total. The molecule has 41 heavy (non-hydrogen) atoms. The summed E-state index contributed by atoms with van der Waals surface area (Å²) in [4.78, 5) is -1.44. The number of allylic oxidation sites excluding steroid dienone is 1. The van der Waals surface area contributed by atoms with Crippen LogP contribution in [0.25, 0.3) is 0 Å². The fourth-order valence-electron chi connectivity index (χ4n) is 2.22. The van der Waals surface area contributed by atoms with Crippen LogP contribution in [0.15, 0.2) is 41.0 Å². The molecular weight excluding hydrogens is 672 g/mol. The molecule has 0 radical (unpaired) electrons. The Morgan fingerprint density at radius 3 is 1.24 bits per heavy atom. The summed E-state index contributed by atoms with van der Waals surface area (Å²) in [5, 5.41) is 8.93. The van der Waals surface area contributed by atoms with Crippen molar-refractivity contribution in [2.75, 3.05) is 0 Å². The fraction of sp³-hybridized carbons (Fsp3) is 0.500. The Morgan fingerprint density at radius 1 is 0.585 bits per heavy atom. The van der Waals surface area contributed by atoms with Crippen LogP contribution in [-0.2, 0) is 14.3 Å². The second-order valence-corrected chi connectivity index (χ2v) is 8.68. The zero-order chi connectivity index (χ0) is 32.3. The van der Waals surface area contributed by atoms with E-state index >= 15 is 0 Å². The number of aromatic hydroxyl groups is 1. The molecule has 0 aliphatic carbocycles. The van der Waals surface area contributed by atoms with Crippen molar-refractivity contribution in [2.45, 2.75) is 52.5 Å². The van der Waals surface area contributed by atoms with Gasteiger partial charge in [0.25, 0.3) is 0 Å². The molecular formula is C16H6F19NaO4S. The van der Waals surface area contributed by atoms with Gasteiger partial charge in [0.05, 0.1) is 0 Å². The van der Waals surface area contributed by atoms with Crippen LogP contribution < -0.4 is 0 Å². The summed E-state index contributed by atoms with van der Waals surface area (Å²) in [5.41, 5.74) is 0. The minimum absolute atomic E-state index is 0. The average Bonchev–Trinajstić information content (AvgIpc) is 2.76. The van der Waals surface area contributed by atoms with Crippen LogP contribution in [0.1, 0.15) is 0 Å². The summed E-state index contributed by atoms with van der Waals surface area (Å²) in [6, 6.07) is -2.90. The van der Waals surface area contributed by atoms with Gasteiger partial charge in [0, 0.05) is 0 Å². The molecule has 0 aliphatic heterocycles. The van der Waals surface area contributed by atoms with Crippen molar-refractivity contribution in [3.63, 3.8) is 0 Å². The van der Waals surface area contributed by atoms with E-state index in [0.29, 0.717) is 12.1 Å². The molecule has 234 valence electrons. The van der Waals surface area contributed by atoms with Crippen molar-refractivity contribution >= 4 is 39.7 Å². The summed E-state index contributed by atoms with van der Waals surface area (Å²) in [5.74, 6) is -66.6. The first-order chi connectivity index (χ1) is 17.3. The average molecular weight is 678 g/mol. The summed E-state index contributed by atoms with van der Waals surface area (Å²) in [6.07, 6.45) is -7.98. The first-order valence-electron chi connectivity index (χ1n) is 8.79. The molecule has 1 aromatic carbocycles. The molecule has 0 saturated heterocycles. The van der Waals surface area contributed by atoms with Crippen LogP contribution in [0.4, 0.5) is 83.4 Å². The van der Waals surface area contributed by atoms with E-state index < -0.39 is 80.2 Å². The van der Waals surface area contributed by atoms with Gasteiger partial charge in [-0.05, 0) is 24.3 Å². The monoisotopic (exact) mass is 678 g/mol. The third-order valence-corrected chi connectivity index (χ3v) is 5.69. The summed E-state index contributed by atoms with van der Waals surface area (Å²) in [6.45, 7) is 0. The van der Waals surface area contributed by atoms with E-state index in [1.54, 1.807) is 0 Å². The van der Waals surface area contributed by atoms with Crippen LogP contribution in [-0.4, -0.2) is 90.7 Å². The first kappa shape index (κ1) is 39.2. The summed E-state index contributed by atoms with van der Waals surface area (Å²) < 4.78 is 277. The number of hydrogen-bond donors (Lipinski definition) is 1. The molecule has 0 aliphatic rings. The van der Waals surface area contributed by atoms with Crippen LogP contribution in [0.5, 0.6) is 5.75 Å². The Labute approximate surface area is 235 Å². The number of phenolic OH excluding ortho intramolecular Hbond substituents is 1. The molecule has 0 saturated carbocycles. The van der Waals surface area contributed by atoms with E-state index in [1.165, 1.54) is 0 Å². The molecule has 1 rings (SSSR count). The number of alkyl halides is 17. The van der Waals surface area contributed by atoms with Crippen molar-refractivity contribution in [3.8, 4) is 5.75 Å². The molecule has 0 fully saturated rings. The van der Waals surface area contributed by atoms with Crippen LogP contribution in [0, 0.1) is 0 Å². The second-order valence-electron chi connectivity index (χ2n) is 7.14. The van der Waals surface area contributed by atoms with Gasteiger partial charge in [0.2, 0.25) is 5.83 Å². The Bertz CT molecular complexity index is 1240. The van der Waals surface area contributed by atoms with E-state index in [2.05, 4.69) is 4.18 Å². The number of phenols is 1. The molecule has 25 heteroatoms.